The molecule has 0 radical (unpaired) electrons. The Hall–Kier alpha value is -4.41. The van der Waals surface area contributed by atoms with Crippen LogP contribution in [0.1, 0.15) is 28.8 Å². The number of benzene rings is 3. The third-order valence-corrected chi connectivity index (χ3v) is 8.88. The molecule has 1 saturated heterocycles. The van der Waals surface area contributed by atoms with Crippen molar-refractivity contribution in [3.05, 3.63) is 108 Å². The zero-order chi connectivity index (χ0) is 28.8. The number of pyridine rings is 1. The van der Waals surface area contributed by atoms with Crippen LogP contribution in [0.5, 0.6) is 0 Å². The summed E-state index contributed by atoms with van der Waals surface area (Å²) in [7, 11) is -3.96. The zero-order valence-corrected chi connectivity index (χ0v) is 23.1. The maximum atomic E-state index is 13.6. The van der Waals surface area contributed by atoms with Gasteiger partial charge < -0.3 is 10.6 Å². The predicted molar refractivity (Wildman–Crippen MR) is 155 cm³/mol. The summed E-state index contributed by atoms with van der Waals surface area (Å²) in [5.74, 6) is -1.34. The van der Waals surface area contributed by atoms with Gasteiger partial charge in [-0.3, -0.25) is 14.4 Å². The number of fused-ring (bicyclic) bond motifs is 1. The number of rotatable bonds is 8. The number of ketones is 1. The second kappa shape index (κ2) is 12.4. The number of hydrogen-bond acceptors (Lipinski definition) is 6. The Balaban J connectivity index is 1.33. The Labute approximate surface area is 238 Å². The van der Waals surface area contributed by atoms with Crippen LogP contribution in [-0.2, 0) is 26.0 Å². The van der Waals surface area contributed by atoms with E-state index in [0.717, 1.165) is 20.6 Å². The molecule has 1 aliphatic heterocycles. The van der Waals surface area contributed by atoms with Crippen molar-refractivity contribution >= 4 is 38.4 Å². The van der Waals surface area contributed by atoms with E-state index in [-0.39, 0.29) is 31.0 Å². The molecule has 2 N–H and O–H groups in total. The van der Waals surface area contributed by atoms with Crippen LogP contribution in [0.15, 0.2) is 102 Å². The van der Waals surface area contributed by atoms with Gasteiger partial charge in [0, 0.05) is 24.7 Å². The van der Waals surface area contributed by atoms with Gasteiger partial charge in [-0.05, 0) is 47.4 Å². The summed E-state index contributed by atoms with van der Waals surface area (Å²) in [6, 6.07) is 24.9. The lowest BCUT2D eigenvalue weighted by Gasteiger charge is -2.23. The summed E-state index contributed by atoms with van der Waals surface area (Å²) < 4.78 is 27.2. The molecule has 210 valence electrons. The van der Waals surface area contributed by atoms with E-state index < -0.39 is 39.7 Å². The Morgan fingerprint density at radius 1 is 0.927 bits per heavy atom. The van der Waals surface area contributed by atoms with E-state index in [9.17, 15) is 22.8 Å². The van der Waals surface area contributed by atoms with Gasteiger partial charge in [0.15, 0.2) is 10.8 Å². The number of amides is 2. The number of nitrogens with one attached hydrogen (secondary N) is 2. The minimum absolute atomic E-state index is 0.127. The third kappa shape index (κ3) is 6.50. The monoisotopic (exact) mass is 570 g/mol. The van der Waals surface area contributed by atoms with E-state index in [2.05, 4.69) is 15.6 Å². The summed E-state index contributed by atoms with van der Waals surface area (Å²) in [5.41, 5.74) is 1.28. The number of nitrogens with zero attached hydrogens (tertiary/aromatic N) is 2. The Bertz CT molecular complexity index is 1660. The molecule has 3 aromatic carbocycles. The standard InChI is InChI=1S/C31H30N4O5S/c36-28-21-35(41(39,40)29-17-6-7-18-32-29)19-9-16-26(28)33-31(38)27(20-22-10-2-1-3-11-22)34-30(37)25-15-8-13-23-12-4-5-14-24(23)25/h1-8,10-15,17-18,26-27H,9,16,19-21H2,(H,33,38)(H,34,37). The van der Waals surface area contributed by atoms with Crippen molar-refractivity contribution in [2.24, 2.45) is 0 Å². The Morgan fingerprint density at radius 2 is 1.66 bits per heavy atom. The molecule has 0 bridgehead atoms. The van der Waals surface area contributed by atoms with Gasteiger partial charge in [-0.25, -0.2) is 13.4 Å². The maximum absolute atomic E-state index is 13.6. The first-order valence-electron chi connectivity index (χ1n) is 13.4. The predicted octanol–water partition coefficient (Wildman–Crippen LogP) is 3.11. The summed E-state index contributed by atoms with van der Waals surface area (Å²) in [5, 5.41) is 7.20. The molecule has 1 aromatic heterocycles. The van der Waals surface area contributed by atoms with Crippen molar-refractivity contribution in [3.63, 3.8) is 0 Å². The normalized spacial score (nSPS) is 17.0. The van der Waals surface area contributed by atoms with E-state index in [1.54, 1.807) is 24.3 Å². The second-order valence-corrected chi connectivity index (χ2v) is 11.8. The van der Waals surface area contributed by atoms with Gasteiger partial charge in [-0.15, -0.1) is 0 Å². The van der Waals surface area contributed by atoms with Crippen LogP contribution in [0, 0.1) is 0 Å². The lowest BCUT2D eigenvalue weighted by Crippen LogP contribution is -2.53. The summed E-state index contributed by atoms with van der Waals surface area (Å²) in [4.78, 5) is 44.1. The van der Waals surface area contributed by atoms with Crippen LogP contribution in [-0.4, -0.2) is 60.5 Å². The molecule has 1 aliphatic rings. The second-order valence-electron chi connectivity index (χ2n) is 9.92. The number of carbonyl (C=O) groups is 3. The molecule has 2 heterocycles. The molecule has 9 nitrogen and oxygen atoms in total. The highest BCUT2D eigenvalue weighted by Crippen LogP contribution is 2.20. The number of hydrogen-bond donors (Lipinski definition) is 2. The number of aromatic nitrogens is 1. The molecule has 0 aliphatic carbocycles. The van der Waals surface area contributed by atoms with E-state index in [4.69, 9.17) is 0 Å². The summed E-state index contributed by atoms with van der Waals surface area (Å²) in [6.45, 7) is -0.252. The van der Waals surface area contributed by atoms with Crippen LogP contribution in [0.2, 0.25) is 0 Å². The minimum Gasteiger partial charge on any atom is -0.344 e. The van der Waals surface area contributed by atoms with Crippen LogP contribution in [0.3, 0.4) is 0 Å². The molecule has 2 atom stereocenters. The van der Waals surface area contributed by atoms with Crippen molar-refractivity contribution in [3.8, 4) is 0 Å². The Morgan fingerprint density at radius 3 is 2.44 bits per heavy atom. The largest absolute Gasteiger partial charge is 0.344 e. The minimum atomic E-state index is -3.96. The lowest BCUT2D eigenvalue weighted by atomic mass is 10.0. The molecule has 0 saturated carbocycles. The third-order valence-electron chi connectivity index (χ3n) is 7.12. The van der Waals surface area contributed by atoms with E-state index in [1.165, 1.54) is 12.3 Å². The average Bonchev–Trinajstić information content (AvgIpc) is 3.18. The van der Waals surface area contributed by atoms with Crippen molar-refractivity contribution in [1.82, 2.24) is 19.9 Å². The Kier molecular flexibility index (Phi) is 8.51. The van der Waals surface area contributed by atoms with E-state index in [1.807, 2.05) is 60.7 Å². The van der Waals surface area contributed by atoms with Crippen LogP contribution in [0.25, 0.3) is 10.8 Å². The number of Topliss-reactive ketones (excluding diaryl/α,β-unsaturated/α-hetero) is 1. The first-order chi connectivity index (χ1) is 19.8. The highest BCUT2D eigenvalue weighted by atomic mass is 32.2. The molecule has 41 heavy (non-hydrogen) atoms. The topological polar surface area (TPSA) is 126 Å². The molecular formula is C31H30N4O5S. The molecule has 4 aromatic rings. The number of sulfonamides is 1. The van der Waals surface area contributed by atoms with Gasteiger partial charge in [0.1, 0.15) is 6.04 Å². The molecule has 0 spiro atoms. The molecule has 10 heteroatoms. The van der Waals surface area contributed by atoms with Crippen molar-refractivity contribution in [1.29, 1.82) is 0 Å². The van der Waals surface area contributed by atoms with Gasteiger partial charge in [-0.2, -0.15) is 4.31 Å². The first-order valence-corrected chi connectivity index (χ1v) is 14.8. The number of carbonyl (C=O) groups excluding carboxylic acids is 3. The van der Waals surface area contributed by atoms with Crippen LogP contribution >= 0.6 is 0 Å². The SMILES string of the molecule is O=C(NC(Cc1ccccc1)C(=O)NC1CCCN(S(=O)(=O)c2ccccn2)CC1=O)c1cccc2ccccc12. The molecule has 1 fully saturated rings. The van der Waals surface area contributed by atoms with Crippen molar-refractivity contribution in [2.45, 2.75) is 36.4 Å². The molecule has 2 unspecified atom stereocenters. The van der Waals surface area contributed by atoms with Crippen LogP contribution in [0.4, 0.5) is 0 Å². The fraction of sp³-hybridized carbons (Fsp3) is 0.226. The quantitative estimate of drug-likeness (QED) is 0.335. The van der Waals surface area contributed by atoms with Gasteiger partial charge in [0.25, 0.3) is 15.9 Å². The van der Waals surface area contributed by atoms with Crippen molar-refractivity contribution < 1.29 is 22.8 Å². The van der Waals surface area contributed by atoms with E-state index >= 15 is 0 Å². The highest BCUT2D eigenvalue weighted by Gasteiger charge is 2.34. The average molecular weight is 571 g/mol. The summed E-state index contributed by atoms with van der Waals surface area (Å²) in [6.07, 6.45) is 2.24. The van der Waals surface area contributed by atoms with Gasteiger partial charge in [0.2, 0.25) is 5.91 Å². The smallest absolute Gasteiger partial charge is 0.260 e. The first kappa shape index (κ1) is 28.1. The van der Waals surface area contributed by atoms with Crippen LogP contribution < -0.4 is 10.6 Å². The zero-order valence-electron chi connectivity index (χ0n) is 22.3. The summed E-state index contributed by atoms with van der Waals surface area (Å²) >= 11 is 0. The maximum Gasteiger partial charge on any atom is 0.260 e. The molecular weight excluding hydrogens is 540 g/mol. The molecule has 2 amide bonds. The fourth-order valence-electron chi connectivity index (χ4n) is 4.98. The van der Waals surface area contributed by atoms with Crippen molar-refractivity contribution in [2.75, 3.05) is 13.1 Å². The van der Waals surface area contributed by atoms with Gasteiger partial charge in [-0.1, -0.05) is 72.8 Å². The lowest BCUT2D eigenvalue weighted by molar-refractivity contribution is -0.128. The molecule has 5 rings (SSSR count). The highest BCUT2D eigenvalue weighted by molar-refractivity contribution is 7.89. The fourth-order valence-corrected chi connectivity index (χ4v) is 6.35. The van der Waals surface area contributed by atoms with Gasteiger partial charge in [0.05, 0.1) is 12.6 Å². The van der Waals surface area contributed by atoms with E-state index in [0.29, 0.717) is 12.0 Å². The van der Waals surface area contributed by atoms with Gasteiger partial charge >= 0.3 is 0 Å².